The molecule has 3 rings (SSSR count). The fourth-order valence-electron chi connectivity index (χ4n) is 2.83. The molecule has 1 aromatic heterocycles. The van der Waals surface area contributed by atoms with Crippen LogP contribution in [0, 0.1) is 0 Å². The Morgan fingerprint density at radius 2 is 1.86 bits per heavy atom. The Morgan fingerprint density at radius 1 is 1.11 bits per heavy atom. The van der Waals surface area contributed by atoms with Crippen molar-refractivity contribution in [3.05, 3.63) is 54.1 Å². The van der Waals surface area contributed by atoms with Crippen LogP contribution in [-0.4, -0.2) is 49.6 Å². The van der Waals surface area contributed by atoms with Gasteiger partial charge in [0.05, 0.1) is 16.8 Å². The zero-order valence-electron chi connectivity index (χ0n) is 16.4. The Hall–Kier alpha value is -2.15. The van der Waals surface area contributed by atoms with Crippen molar-refractivity contribution in [2.75, 3.05) is 38.7 Å². The third-order valence-electron chi connectivity index (χ3n) is 4.14. The van der Waals surface area contributed by atoms with Crippen molar-refractivity contribution < 1.29 is 9.53 Å². The van der Waals surface area contributed by atoms with Crippen molar-refractivity contribution in [1.29, 1.82) is 0 Å². The number of hydrogen-bond acceptors (Lipinski definition) is 5. The highest BCUT2D eigenvalue weighted by atomic mass is 35.5. The highest BCUT2D eigenvalue weighted by molar-refractivity contribution is 7.22. The lowest BCUT2D eigenvalue weighted by Gasteiger charge is -2.21. The van der Waals surface area contributed by atoms with Gasteiger partial charge in [0.1, 0.15) is 5.75 Å². The molecule has 2 aromatic carbocycles. The largest absolute Gasteiger partial charge is 0.494 e. The number of carbonyl (C=O) groups excluding carboxylic acids is 1. The quantitative estimate of drug-likeness (QED) is 0.530. The molecule has 0 bridgehead atoms. The van der Waals surface area contributed by atoms with Crippen LogP contribution in [0.2, 0.25) is 0 Å². The minimum Gasteiger partial charge on any atom is -0.494 e. The van der Waals surface area contributed by atoms with Crippen LogP contribution in [0.4, 0.5) is 5.13 Å². The second kappa shape index (κ2) is 10.4. The van der Waals surface area contributed by atoms with E-state index >= 15 is 0 Å². The lowest BCUT2D eigenvalue weighted by molar-refractivity contribution is 0.0986. The van der Waals surface area contributed by atoms with Gasteiger partial charge in [0.15, 0.2) is 5.13 Å². The van der Waals surface area contributed by atoms with Crippen molar-refractivity contribution in [1.82, 2.24) is 9.88 Å². The zero-order chi connectivity index (χ0) is 19.2. The van der Waals surface area contributed by atoms with Gasteiger partial charge in [-0.15, -0.1) is 12.4 Å². The molecule has 0 aliphatic rings. The maximum absolute atomic E-state index is 13.1. The molecule has 0 aliphatic carbocycles. The summed E-state index contributed by atoms with van der Waals surface area (Å²) in [5.74, 6) is 0.812. The second-order valence-electron chi connectivity index (χ2n) is 6.54. The average Bonchev–Trinajstić information content (AvgIpc) is 3.08. The van der Waals surface area contributed by atoms with Crippen LogP contribution >= 0.6 is 23.7 Å². The van der Waals surface area contributed by atoms with E-state index in [0.717, 1.165) is 34.1 Å². The monoisotopic (exact) mass is 419 g/mol. The number of ether oxygens (including phenoxy) is 1. The first-order valence-corrected chi connectivity index (χ1v) is 9.95. The molecule has 0 unspecified atom stereocenters. The van der Waals surface area contributed by atoms with Gasteiger partial charge in [-0.05, 0) is 64.3 Å². The zero-order valence-corrected chi connectivity index (χ0v) is 18.1. The van der Waals surface area contributed by atoms with Crippen LogP contribution in [0.25, 0.3) is 10.2 Å². The molecule has 0 spiro atoms. The van der Waals surface area contributed by atoms with E-state index in [0.29, 0.717) is 18.7 Å². The summed E-state index contributed by atoms with van der Waals surface area (Å²) >= 11 is 1.53. The summed E-state index contributed by atoms with van der Waals surface area (Å²) in [6, 6.07) is 15.3. The predicted octanol–water partition coefficient (Wildman–Crippen LogP) is 4.72. The Balaban J connectivity index is 0.00000280. The van der Waals surface area contributed by atoms with Gasteiger partial charge in [0.25, 0.3) is 5.91 Å². The third kappa shape index (κ3) is 5.44. The molecule has 0 saturated carbocycles. The Morgan fingerprint density at radius 3 is 2.54 bits per heavy atom. The smallest absolute Gasteiger partial charge is 0.260 e. The molecule has 0 atom stereocenters. The summed E-state index contributed by atoms with van der Waals surface area (Å²) in [7, 11) is 4.08. The highest BCUT2D eigenvalue weighted by Gasteiger charge is 2.21. The predicted molar refractivity (Wildman–Crippen MR) is 119 cm³/mol. The van der Waals surface area contributed by atoms with E-state index in [1.807, 2.05) is 69.6 Å². The van der Waals surface area contributed by atoms with Crippen LogP contribution in [0.1, 0.15) is 23.7 Å². The number of hydrogen-bond donors (Lipinski definition) is 0. The summed E-state index contributed by atoms with van der Waals surface area (Å²) in [5.41, 5.74) is 1.56. The van der Waals surface area contributed by atoms with E-state index in [1.165, 1.54) is 11.3 Å². The first-order valence-electron chi connectivity index (χ1n) is 9.13. The number of amides is 1. The first kappa shape index (κ1) is 22.1. The van der Waals surface area contributed by atoms with Gasteiger partial charge < -0.3 is 9.64 Å². The van der Waals surface area contributed by atoms with Gasteiger partial charge >= 0.3 is 0 Å². The number of aromatic nitrogens is 1. The maximum Gasteiger partial charge on any atom is 0.260 e. The second-order valence-corrected chi connectivity index (χ2v) is 7.55. The van der Waals surface area contributed by atoms with E-state index < -0.39 is 0 Å². The van der Waals surface area contributed by atoms with E-state index in [9.17, 15) is 4.79 Å². The fraction of sp³-hybridized carbons (Fsp3) is 0.333. The van der Waals surface area contributed by atoms with E-state index in [2.05, 4.69) is 4.90 Å². The summed E-state index contributed by atoms with van der Waals surface area (Å²) in [6.45, 7) is 4.13. The van der Waals surface area contributed by atoms with E-state index in [-0.39, 0.29) is 18.3 Å². The van der Waals surface area contributed by atoms with Crippen LogP contribution in [0.5, 0.6) is 5.75 Å². The Labute approximate surface area is 176 Å². The highest BCUT2D eigenvalue weighted by Crippen LogP contribution is 2.32. The van der Waals surface area contributed by atoms with Crippen molar-refractivity contribution >= 4 is 45.0 Å². The molecule has 0 fully saturated rings. The molecule has 0 saturated heterocycles. The number of rotatable bonds is 8. The molecule has 7 heteroatoms. The topological polar surface area (TPSA) is 45.7 Å². The summed E-state index contributed by atoms with van der Waals surface area (Å²) in [4.78, 5) is 21.8. The first-order chi connectivity index (χ1) is 13.1. The number of fused-ring (bicyclic) bond motifs is 1. The van der Waals surface area contributed by atoms with Crippen molar-refractivity contribution in [2.24, 2.45) is 0 Å². The molecule has 0 N–H and O–H groups in total. The van der Waals surface area contributed by atoms with Gasteiger partial charge in [0.2, 0.25) is 0 Å². The van der Waals surface area contributed by atoms with Gasteiger partial charge in [-0.25, -0.2) is 4.98 Å². The third-order valence-corrected chi connectivity index (χ3v) is 5.18. The van der Waals surface area contributed by atoms with Crippen LogP contribution in [0.15, 0.2) is 48.5 Å². The molecular weight excluding hydrogens is 394 g/mol. The van der Waals surface area contributed by atoms with Crippen molar-refractivity contribution in [2.45, 2.75) is 13.3 Å². The summed E-state index contributed by atoms with van der Waals surface area (Å²) in [6.07, 6.45) is 0.881. The van der Waals surface area contributed by atoms with Gasteiger partial charge in [-0.3, -0.25) is 9.69 Å². The lowest BCUT2D eigenvalue weighted by Crippen LogP contribution is -2.33. The number of nitrogens with zero attached hydrogens (tertiary/aromatic N) is 3. The van der Waals surface area contributed by atoms with E-state index in [4.69, 9.17) is 9.72 Å². The van der Waals surface area contributed by atoms with E-state index in [1.54, 1.807) is 4.90 Å². The molecule has 0 aliphatic heterocycles. The minimum absolute atomic E-state index is 0. The van der Waals surface area contributed by atoms with Crippen LogP contribution in [-0.2, 0) is 0 Å². The fourth-order valence-corrected chi connectivity index (χ4v) is 3.85. The van der Waals surface area contributed by atoms with Gasteiger partial charge in [0, 0.05) is 12.1 Å². The molecule has 1 heterocycles. The van der Waals surface area contributed by atoms with Gasteiger partial charge in [-0.1, -0.05) is 29.5 Å². The van der Waals surface area contributed by atoms with Crippen molar-refractivity contribution in [3.63, 3.8) is 0 Å². The standard InChI is InChI=1S/C21H25N3O2S.ClH/c1-4-26-17-11-12-18-19(15-17)27-21(22-18)24(14-8-13-23(2)3)20(25)16-9-6-5-7-10-16;/h5-7,9-12,15H,4,8,13-14H2,1-3H3;1H. The molecule has 3 aromatic rings. The molecule has 150 valence electrons. The summed E-state index contributed by atoms with van der Waals surface area (Å²) in [5, 5.41) is 0.728. The number of thiazole rings is 1. The number of benzene rings is 2. The van der Waals surface area contributed by atoms with Crippen LogP contribution in [0.3, 0.4) is 0 Å². The average molecular weight is 420 g/mol. The molecule has 0 radical (unpaired) electrons. The molecule has 28 heavy (non-hydrogen) atoms. The van der Waals surface area contributed by atoms with Crippen LogP contribution < -0.4 is 9.64 Å². The number of carbonyl (C=O) groups is 1. The molecule has 5 nitrogen and oxygen atoms in total. The number of anilines is 1. The summed E-state index contributed by atoms with van der Waals surface area (Å²) < 4.78 is 6.61. The van der Waals surface area contributed by atoms with Crippen molar-refractivity contribution in [3.8, 4) is 5.75 Å². The minimum atomic E-state index is -0.0153. The number of halogens is 1. The Bertz CT molecular complexity index is 899. The van der Waals surface area contributed by atoms with Gasteiger partial charge in [-0.2, -0.15) is 0 Å². The lowest BCUT2D eigenvalue weighted by atomic mass is 10.2. The normalized spacial score (nSPS) is 10.7. The SMILES string of the molecule is CCOc1ccc2nc(N(CCCN(C)C)C(=O)c3ccccc3)sc2c1.Cl. The maximum atomic E-state index is 13.1. The molecule has 1 amide bonds. The Kier molecular flexibility index (Phi) is 8.23. The molecular formula is C21H26ClN3O2S.